The molecule has 0 bridgehead atoms. The summed E-state index contributed by atoms with van der Waals surface area (Å²) in [5.74, 6) is 0. The lowest BCUT2D eigenvalue weighted by atomic mass is 10.1. The third kappa shape index (κ3) is 2.57. The standard InChI is InChI=1S/C16H21N3O2/c1-3-12-13(11-19-6-9-20-10-7-19)15(14-4-2-8-21-14)18-16(12)17-5-1/h1,3,5,14H,2,4,6-11H2,(H,17,18)/t14-/m0/s1. The van der Waals surface area contributed by atoms with Gasteiger partial charge in [-0.3, -0.25) is 4.90 Å². The molecule has 0 aromatic carbocycles. The van der Waals surface area contributed by atoms with Crippen molar-refractivity contribution in [3.63, 3.8) is 0 Å². The molecule has 2 aromatic heterocycles. The summed E-state index contributed by atoms with van der Waals surface area (Å²) in [7, 11) is 0. The minimum atomic E-state index is 0.204. The van der Waals surface area contributed by atoms with Gasteiger partial charge in [-0.05, 0) is 30.5 Å². The molecule has 0 radical (unpaired) electrons. The van der Waals surface area contributed by atoms with E-state index in [2.05, 4.69) is 20.9 Å². The topological polar surface area (TPSA) is 50.4 Å². The zero-order valence-corrected chi connectivity index (χ0v) is 12.2. The molecule has 0 amide bonds. The van der Waals surface area contributed by atoms with E-state index in [0.29, 0.717) is 0 Å². The summed E-state index contributed by atoms with van der Waals surface area (Å²) in [6, 6.07) is 4.17. The van der Waals surface area contributed by atoms with Gasteiger partial charge in [0.2, 0.25) is 0 Å². The van der Waals surface area contributed by atoms with Gasteiger partial charge in [0.1, 0.15) is 5.65 Å². The van der Waals surface area contributed by atoms with Crippen LogP contribution in [0.3, 0.4) is 0 Å². The van der Waals surface area contributed by atoms with Crippen LogP contribution in [0.4, 0.5) is 0 Å². The Kier molecular flexibility index (Phi) is 3.63. The molecule has 1 atom stereocenters. The molecular formula is C16H21N3O2. The van der Waals surface area contributed by atoms with E-state index in [1.54, 1.807) is 0 Å². The van der Waals surface area contributed by atoms with Crippen LogP contribution in [0.5, 0.6) is 0 Å². The van der Waals surface area contributed by atoms with Gasteiger partial charge < -0.3 is 14.5 Å². The zero-order chi connectivity index (χ0) is 14.1. The van der Waals surface area contributed by atoms with E-state index in [4.69, 9.17) is 9.47 Å². The first-order valence-electron chi connectivity index (χ1n) is 7.79. The number of nitrogens with zero attached hydrogens (tertiary/aromatic N) is 2. The lowest BCUT2D eigenvalue weighted by Crippen LogP contribution is -2.35. The predicted molar refractivity (Wildman–Crippen MR) is 80.1 cm³/mol. The number of ether oxygens (including phenoxy) is 2. The summed E-state index contributed by atoms with van der Waals surface area (Å²) in [6.45, 7) is 5.47. The Morgan fingerprint density at radius 1 is 1.29 bits per heavy atom. The van der Waals surface area contributed by atoms with E-state index < -0.39 is 0 Å². The van der Waals surface area contributed by atoms with Crippen molar-refractivity contribution in [1.29, 1.82) is 0 Å². The number of pyridine rings is 1. The highest BCUT2D eigenvalue weighted by molar-refractivity contribution is 5.81. The fourth-order valence-electron chi connectivity index (χ4n) is 3.33. The first-order chi connectivity index (χ1) is 10.4. The normalized spacial score (nSPS) is 23.9. The van der Waals surface area contributed by atoms with Crippen molar-refractivity contribution in [2.24, 2.45) is 0 Å². The maximum Gasteiger partial charge on any atom is 0.137 e. The lowest BCUT2D eigenvalue weighted by Gasteiger charge is -2.27. The van der Waals surface area contributed by atoms with Gasteiger partial charge in [0.05, 0.1) is 25.0 Å². The average molecular weight is 287 g/mol. The highest BCUT2D eigenvalue weighted by atomic mass is 16.5. The number of H-pyrrole nitrogens is 1. The molecule has 0 aliphatic carbocycles. The van der Waals surface area contributed by atoms with Gasteiger partial charge >= 0.3 is 0 Å². The van der Waals surface area contributed by atoms with Crippen molar-refractivity contribution in [3.05, 3.63) is 29.6 Å². The fraction of sp³-hybridized carbons (Fsp3) is 0.562. The van der Waals surface area contributed by atoms with Crippen molar-refractivity contribution >= 4 is 11.0 Å². The van der Waals surface area contributed by atoms with E-state index >= 15 is 0 Å². The Morgan fingerprint density at radius 3 is 3.00 bits per heavy atom. The van der Waals surface area contributed by atoms with E-state index in [9.17, 15) is 0 Å². The van der Waals surface area contributed by atoms with Crippen LogP contribution < -0.4 is 0 Å². The molecule has 1 N–H and O–H groups in total. The molecule has 2 aliphatic heterocycles. The Bertz CT molecular complexity index is 613. The van der Waals surface area contributed by atoms with Crippen molar-refractivity contribution in [3.8, 4) is 0 Å². The Hall–Kier alpha value is -1.43. The molecule has 2 saturated heterocycles. The summed E-state index contributed by atoms with van der Waals surface area (Å²) in [5.41, 5.74) is 3.56. The number of rotatable bonds is 3. The quantitative estimate of drug-likeness (QED) is 0.940. The molecule has 112 valence electrons. The second kappa shape index (κ2) is 5.75. The number of nitrogens with one attached hydrogen (secondary N) is 1. The van der Waals surface area contributed by atoms with Crippen LogP contribution in [0.15, 0.2) is 18.3 Å². The lowest BCUT2D eigenvalue weighted by molar-refractivity contribution is 0.0336. The highest BCUT2D eigenvalue weighted by Gasteiger charge is 2.25. The summed E-state index contributed by atoms with van der Waals surface area (Å²) < 4.78 is 11.3. The van der Waals surface area contributed by atoms with Crippen LogP contribution in [0.25, 0.3) is 11.0 Å². The molecular weight excluding hydrogens is 266 g/mol. The Morgan fingerprint density at radius 2 is 2.19 bits per heavy atom. The average Bonchev–Trinajstić information content (AvgIpc) is 3.16. The second-order valence-corrected chi connectivity index (χ2v) is 5.81. The van der Waals surface area contributed by atoms with Crippen LogP contribution in [-0.2, 0) is 16.0 Å². The second-order valence-electron chi connectivity index (χ2n) is 5.81. The molecule has 2 aliphatic rings. The number of hydrogen-bond donors (Lipinski definition) is 1. The Labute approximate surface area is 124 Å². The smallest absolute Gasteiger partial charge is 0.137 e. The monoisotopic (exact) mass is 287 g/mol. The van der Waals surface area contributed by atoms with E-state index in [0.717, 1.165) is 57.9 Å². The van der Waals surface area contributed by atoms with E-state index in [-0.39, 0.29) is 6.10 Å². The third-order valence-corrected chi connectivity index (χ3v) is 4.45. The van der Waals surface area contributed by atoms with Gasteiger partial charge in [-0.2, -0.15) is 0 Å². The molecule has 5 heteroatoms. The van der Waals surface area contributed by atoms with Crippen LogP contribution in [0, 0.1) is 0 Å². The van der Waals surface area contributed by atoms with Crippen molar-refractivity contribution in [1.82, 2.24) is 14.9 Å². The van der Waals surface area contributed by atoms with E-state index in [1.807, 2.05) is 12.3 Å². The van der Waals surface area contributed by atoms with Gasteiger partial charge in [0.25, 0.3) is 0 Å². The third-order valence-electron chi connectivity index (χ3n) is 4.45. The number of aromatic nitrogens is 2. The number of hydrogen-bond acceptors (Lipinski definition) is 4. The summed E-state index contributed by atoms with van der Waals surface area (Å²) in [6.07, 6.45) is 4.29. The molecule has 0 unspecified atom stereocenters. The molecule has 5 nitrogen and oxygen atoms in total. The van der Waals surface area contributed by atoms with Crippen LogP contribution in [0.2, 0.25) is 0 Å². The summed E-state index contributed by atoms with van der Waals surface area (Å²) in [4.78, 5) is 10.4. The summed E-state index contributed by atoms with van der Waals surface area (Å²) >= 11 is 0. The van der Waals surface area contributed by atoms with Gasteiger partial charge in [0, 0.05) is 37.8 Å². The number of fused-ring (bicyclic) bond motifs is 1. The molecule has 2 fully saturated rings. The minimum Gasteiger partial charge on any atom is -0.379 e. The van der Waals surface area contributed by atoms with Crippen LogP contribution in [0.1, 0.15) is 30.2 Å². The van der Waals surface area contributed by atoms with E-state index in [1.165, 1.54) is 16.6 Å². The predicted octanol–water partition coefficient (Wildman–Crippen LogP) is 2.25. The maximum atomic E-state index is 5.90. The molecule has 4 rings (SSSR count). The van der Waals surface area contributed by atoms with Crippen molar-refractivity contribution in [2.45, 2.75) is 25.5 Å². The van der Waals surface area contributed by atoms with Crippen LogP contribution in [-0.4, -0.2) is 47.8 Å². The van der Waals surface area contributed by atoms with Gasteiger partial charge in [-0.15, -0.1) is 0 Å². The number of aromatic amines is 1. The van der Waals surface area contributed by atoms with Gasteiger partial charge in [0.15, 0.2) is 0 Å². The maximum absolute atomic E-state index is 5.90. The number of morpholine rings is 1. The van der Waals surface area contributed by atoms with Gasteiger partial charge in [-0.25, -0.2) is 4.98 Å². The molecule has 0 spiro atoms. The summed E-state index contributed by atoms with van der Waals surface area (Å²) in [5, 5.41) is 1.23. The SMILES string of the molecule is c1cnc2[nH]c([C@@H]3CCCO3)c(CN3CCOCC3)c2c1. The molecule has 2 aromatic rings. The fourth-order valence-corrected chi connectivity index (χ4v) is 3.33. The minimum absolute atomic E-state index is 0.204. The first-order valence-corrected chi connectivity index (χ1v) is 7.79. The molecule has 4 heterocycles. The highest BCUT2D eigenvalue weighted by Crippen LogP contribution is 2.34. The molecule has 21 heavy (non-hydrogen) atoms. The van der Waals surface area contributed by atoms with Gasteiger partial charge in [-0.1, -0.05) is 0 Å². The van der Waals surface area contributed by atoms with Crippen molar-refractivity contribution in [2.75, 3.05) is 32.9 Å². The Balaban J connectivity index is 1.70. The molecule has 0 saturated carbocycles. The van der Waals surface area contributed by atoms with Crippen molar-refractivity contribution < 1.29 is 9.47 Å². The van der Waals surface area contributed by atoms with Crippen LogP contribution >= 0.6 is 0 Å². The zero-order valence-electron chi connectivity index (χ0n) is 12.2. The first kappa shape index (κ1) is 13.2. The largest absolute Gasteiger partial charge is 0.379 e.